The number of benzene rings is 1. The van der Waals surface area contributed by atoms with Gasteiger partial charge in [-0.3, -0.25) is 9.59 Å². The molecule has 1 aliphatic carbocycles. The van der Waals surface area contributed by atoms with Gasteiger partial charge < -0.3 is 19.7 Å². The Morgan fingerprint density at radius 2 is 1.84 bits per heavy atom. The molecule has 0 spiro atoms. The zero-order valence-electron chi connectivity index (χ0n) is 18.2. The lowest BCUT2D eigenvalue weighted by molar-refractivity contribution is -0.139. The van der Waals surface area contributed by atoms with E-state index in [0.29, 0.717) is 24.0 Å². The van der Waals surface area contributed by atoms with Gasteiger partial charge in [0.05, 0.1) is 31.5 Å². The van der Waals surface area contributed by atoms with Crippen LogP contribution < -0.4 is 10.2 Å². The summed E-state index contributed by atoms with van der Waals surface area (Å²) in [5, 5.41) is 2.62. The van der Waals surface area contributed by atoms with Crippen LogP contribution in [0.4, 0.5) is 10.1 Å². The number of allylic oxidation sites excluding steroid dienone is 2. The molecule has 1 N–H and O–H groups in total. The van der Waals surface area contributed by atoms with Gasteiger partial charge in [-0.2, -0.15) is 0 Å². The minimum Gasteiger partial charge on any atom is -0.465 e. The van der Waals surface area contributed by atoms with E-state index in [-0.39, 0.29) is 28.4 Å². The summed E-state index contributed by atoms with van der Waals surface area (Å²) >= 11 is 0. The molecule has 0 bridgehead atoms. The average Bonchev–Trinajstić information content (AvgIpc) is 2.99. The molecule has 168 valence electrons. The third-order valence-electron chi connectivity index (χ3n) is 5.40. The quantitative estimate of drug-likeness (QED) is 0.714. The maximum Gasteiger partial charge on any atom is 0.355 e. The van der Waals surface area contributed by atoms with Crippen LogP contribution in [0.1, 0.15) is 34.8 Å². The third-order valence-corrected chi connectivity index (χ3v) is 5.40. The van der Waals surface area contributed by atoms with Gasteiger partial charge in [-0.25, -0.2) is 14.0 Å². The van der Waals surface area contributed by atoms with E-state index in [1.54, 1.807) is 6.92 Å². The van der Waals surface area contributed by atoms with E-state index in [1.165, 1.54) is 36.3 Å². The zero-order valence-corrected chi connectivity index (χ0v) is 18.2. The van der Waals surface area contributed by atoms with E-state index in [0.717, 1.165) is 20.3 Å². The molecule has 1 unspecified atom stereocenters. The number of ketones is 1. The van der Waals surface area contributed by atoms with Gasteiger partial charge in [0.25, 0.3) is 0 Å². The Balaban J connectivity index is 2.30. The van der Waals surface area contributed by atoms with Crippen LogP contribution in [0.2, 0.25) is 0 Å². The van der Waals surface area contributed by atoms with E-state index < -0.39 is 29.6 Å². The molecule has 32 heavy (non-hydrogen) atoms. The Morgan fingerprint density at radius 3 is 2.47 bits per heavy atom. The Hall–Kier alpha value is -3.75. The summed E-state index contributed by atoms with van der Waals surface area (Å²) in [5.74, 6) is -3.03. The zero-order chi connectivity index (χ0) is 23.6. The maximum absolute atomic E-state index is 14.9. The molecule has 1 aromatic carbocycles. The molecular formula is C23H23FN2O6. The van der Waals surface area contributed by atoms with Crippen LogP contribution >= 0.6 is 0 Å². The minimum absolute atomic E-state index is 0.0601. The predicted octanol–water partition coefficient (Wildman–Crippen LogP) is 2.26. The number of amides is 1. The monoisotopic (exact) mass is 442 g/mol. The Labute approximate surface area is 184 Å². The van der Waals surface area contributed by atoms with Crippen molar-refractivity contribution >= 4 is 29.3 Å². The third kappa shape index (κ3) is 4.05. The van der Waals surface area contributed by atoms with Gasteiger partial charge in [0, 0.05) is 18.7 Å². The molecule has 1 atom stereocenters. The van der Waals surface area contributed by atoms with Gasteiger partial charge in [0.2, 0.25) is 5.91 Å². The van der Waals surface area contributed by atoms with Gasteiger partial charge in [-0.05, 0) is 49.1 Å². The second-order valence-corrected chi connectivity index (χ2v) is 7.33. The number of hydrogen-bond acceptors (Lipinski definition) is 7. The molecule has 1 heterocycles. The molecule has 0 fully saturated rings. The Kier molecular flexibility index (Phi) is 6.57. The SMILES string of the molecule is COC(=O)C1=C(C(=O)OC)N(c2cc(F)c(C)c3c2C(=O)C(NC(C)=O)CC3)C=CC=C1. The number of nitrogens with one attached hydrogen (secondary N) is 1. The van der Waals surface area contributed by atoms with E-state index >= 15 is 0 Å². The average molecular weight is 442 g/mol. The summed E-state index contributed by atoms with van der Waals surface area (Å²) in [4.78, 5) is 51.3. The summed E-state index contributed by atoms with van der Waals surface area (Å²) in [6.07, 6.45) is 6.50. The van der Waals surface area contributed by atoms with Gasteiger partial charge in [0.1, 0.15) is 11.5 Å². The lowest BCUT2D eigenvalue weighted by atomic mass is 9.83. The highest BCUT2D eigenvalue weighted by molar-refractivity contribution is 6.11. The number of halogens is 1. The smallest absolute Gasteiger partial charge is 0.355 e. The van der Waals surface area contributed by atoms with Crippen LogP contribution in [0.15, 0.2) is 41.8 Å². The standard InChI is InChI=1S/C23H23FN2O6/c1-12-14-8-9-17(25-13(2)27)21(28)19(14)18(11-16(12)24)26-10-6-5-7-15(22(29)31-3)20(26)23(30)32-4/h5-7,10-11,17H,8-9H2,1-4H3,(H,25,27). The number of carbonyl (C=O) groups is 4. The van der Waals surface area contributed by atoms with Crippen LogP contribution in [0.3, 0.4) is 0 Å². The van der Waals surface area contributed by atoms with Gasteiger partial charge >= 0.3 is 11.9 Å². The first-order valence-electron chi connectivity index (χ1n) is 9.89. The van der Waals surface area contributed by atoms with Crippen LogP contribution in [0.5, 0.6) is 0 Å². The fourth-order valence-electron chi connectivity index (χ4n) is 3.89. The first kappa shape index (κ1) is 22.9. The molecule has 0 saturated heterocycles. The highest BCUT2D eigenvalue weighted by atomic mass is 19.1. The number of fused-ring (bicyclic) bond motifs is 1. The van der Waals surface area contributed by atoms with Crippen molar-refractivity contribution in [2.75, 3.05) is 19.1 Å². The molecule has 9 heteroatoms. The lowest BCUT2D eigenvalue weighted by Crippen LogP contribution is -2.43. The largest absolute Gasteiger partial charge is 0.465 e. The second kappa shape index (κ2) is 9.17. The minimum atomic E-state index is -0.877. The number of ether oxygens (including phenoxy) is 2. The van der Waals surface area contributed by atoms with Gasteiger partial charge in [0.15, 0.2) is 5.78 Å². The molecule has 3 rings (SSSR count). The first-order valence-corrected chi connectivity index (χ1v) is 9.89. The molecule has 8 nitrogen and oxygen atoms in total. The topological polar surface area (TPSA) is 102 Å². The summed E-state index contributed by atoms with van der Waals surface area (Å²) < 4.78 is 24.6. The van der Waals surface area contributed by atoms with Crippen molar-refractivity contribution in [2.45, 2.75) is 32.7 Å². The molecule has 1 aromatic rings. The summed E-state index contributed by atoms with van der Waals surface area (Å²) in [7, 11) is 2.31. The Morgan fingerprint density at radius 1 is 1.16 bits per heavy atom. The fourth-order valence-corrected chi connectivity index (χ4v) is 3.89. The van der Waals surface area contributed by atoms with Crippen molar-refractivity contribution in [1.82, 2.24) is 5.32 Å². The number of nitrogens with zero attached hydrogens (tertiary/aromatic N) is 1. The van der Waals surface area contributed by atoms with Crippen molar-refractivity contribution in [3.8, 4) is 0 Å². The second-order valence-electron chi connectivity index (χ2n) is 7.33. The van der Waals surface area contributed by atoms with Crippen LogP contribution in [-0.4, -0.2) is 43.9 Å². The van der Waals surface area contributed by atoms with Crippen molar-refractivity contribution < 1.29 is 33.0 Å². The molecular weight excluding hydrogens is 419 g/mol. The number of methoxy groups -OCH3 is 2. The molecule has 1 aliphatic heterocycles. The van der Waals surface area contributed by atoms with Crippen LogP contribution in [0, 0.1) is 12.7 Å². The summed E-state index contributed by atoms with van der Waals surface area (Å²) in [5.41, 5.74) is 0.675. The number of anilines is 1. The number of rotatable bonds is 4. The van der Waals surface area contributed by atoms with E-state index in [2.05, 4.69) is 5.32 Å². The maximum atomic E-state index is 14.9. The van der Waals surface area contributed by atoms with Crippen molar-refractivity contribution in [3.05, 3.63) is 64.3 Å². The summed E-state index contributed by atoms with van der Waals surface area (Å²) in [6.45, 7) is 2.88. The van der Waals surface area contributed by atoms with Crippen LogP contribution in [-0.2, 0) is 30.3 Å². The Bertz CT molecular complexity index is 1100. The predicted molar refractivity (Wildman–Crippen MR) is 113 cm³/mol. The van der Waals surface area contributed by atoms with Gasteiger partial charge in [-0.15, -0.1) is 0 Å². The first-order chi connectivity index (χ1) is 15.2. The van der Waals surface area contributed by atoms with Crippen LogP contribution in [0.25, 0.3) is 0 Å². The highest BCUT2D eigenvalue weighted by Gasteiger charge is 2.36. The van der Waals surface area contributed by atoms with Crippen molar-refractivity contribution in [2.24, 2.45) is 0 Å². The molecule has 2 aliphatic rings. The number of carbonyl (C=O) groups excluding carboxylic acids is 4. The molecule has 1 amide bonds. The van der Waals surface area contributed by atoms with Crippen molar-refractivity contribution in [1.29, 1.82) is 0 Å². The van der Waals surface area contributed by atoms with Crippen molar-refractivity contribution in [3.63, 3.8) is 0 Å². The fraction of sp³-hybridized carbons (Fsp3) is 0.304. The number of esters is 2. The van der Waals surface area contributed by atoms with Gasteiger partial charge in [-0.1, -0.05) is 6.08 Å². The summed E-state index contributed by atoms with van der Waals surface area (Å²) in [6, 6.07) is 0.346. The van der Waals surface area contributed by atoms with E-state index in [4.69, 9.17) is 9.47 Å². The van der Waals surface area contributed by atoms with E-state index in [1.807, 2.05) is 0 Å². The normalized spacial score (nSPS) is 17.6. The molecule has 0 aromatic heterocycles. The van der Waals surface area contributed by atoms with E-state index in [9.17, 15) is 23.6 Å². The molecule has 0 radical (unpaired) electrons. The molecule has 0 saturated carbocycles. The number of hydrogen-bond donors (Lipinski definition) is 1. The highest BCUT2D eigenvalue weighted by Crippen LogP contribution is 2.37. The lowest BCUT2D eigenvalue weighted by Gasteiger charge is -2.31. The number of Topliss-reactive ketones (excluding diaryl/α,β-unsaturated/α-hetero) is 1.